The average Bonchev–Trinajstić information content (AvgIpc) is 3.32. The fourth-order valence-corrected chi connectivity index (χ4v) is 3.81. The Bertz CT molecular complexity index is 1070. The maximum Gasteiger partial charge on any atom is 0.340 e. The lowest BCUT2D eigenvalue weighted by Gasteiger charge is -2.14. The third-order valence-corrected chi connectivity index (χ3v) is 5.76. The number of rotatable bonds is 7. The number of carbonyl (C=O) groups excluding carboxylic acids is 3. The molecule has 6 nitrogen and oxygen atoms in total. The van der Waals surface area contributed by atoms with Gasteiger partial charge < -0.3 is 14.6 Å². The summed E-state index contributed by atoms with van der Waals surface area (Å²) in [6.45, 7) is 7.51. The van der Waals surface area contributed by atoms with Crippen molar-refractivity contribution in [2.45, 2.75) is 40.3 Å². The van der Waals surface area contributed by atoms with Crippen LogP contribution >= 0.6 is 11.3 Å². The second-order valence-corrected chi connectivity index (χ2v) is 8.15. The maximum absolute atomic E-state index is 12.7. The van der Waals surface area contributed by atoms with Crippen LogP contribution in [0.25, 0.3) is 0 Å². The van der Waals surface area contributed by atoms with Gasteiger partial charge in [-0.2, -0.15) is 0 Å². The molecule has 0 saturated carbocycles. The van der Waals surface area contributed by atoms with Gasteiger partial charge in [0.05, 0.1) is 12.1 Å². The molecule has 2 aromatic heterocycles. The van der Waals surface area contributed by atoms with E-state index in [4.69, 9.17) is 4.74 Å². The Morgan fingerprint density at radius 1 is 1.13 bits per heavy atom. The van der Waals surface area contributed by atoms with Crippen LogP contribution in [0.5, 0.6) is 0 Å². The van der Waals surface area contributed by atoms with E-state index in [0.717, 1.165) is 11.4 Å². The number of nitrogens with one attached hydrogen (secondary N) is 1. The Morgan fingerprint density at radius 3 is 2.43 bits per heavy atom. The second kappa shape index (κ2) is 9.09. The predicted molar refractivity (Wildman–Crippen MR) is 117 cm³/mol. The number of thiophene rings is 1. The molecule has 0 spiro atoms. The van der Waals surface area contributed by atoms with Crippen molar-refractivity contribution in [1.82, 2.24) is 4.57 Å². The van der Waals surface area contributed by atoms with E-state index >= 15 is 0 Å². The number of ether oxygens (including phenoxy) is 1. The van der Waals surface area contributed by atoms with Crippen molar-refractivity contribution in [2.75, 3.05) is 5.32 Å². The van der Waals surface area contributed by atoms with Crippen LogP contribution < -0.4 is 5.32 Å². The van der Waals surface area contributed by atoms with Crippen LogP contribution in [0.1, 0.15) is 50.8 Å². The Hall–Kier alpha value is -3.19. The standard InChI is InChI=1S/C23H24N2O4S/c1-14-12-21(15(2)25(14)13-20-6-5-11-30-20)23(28)29-17(4)22(27)24-19-9-7-18(8-10-19)16(3)26/h5-12,17H,13H2,1-4H3,(H,24,27). The minimum Gasteiger partial charge on any atom is -0.449 e. The summed E-state index contributed by atoms with van der Waals surface area (Å²) in [7, 11) is 0. The normalized spacial score (nSPS) is 11.7. The SMILES string of the molecule is CC(=O)c1ccc(NC(=O)C(C)OC(=O)c2cc(C)n(Cc3cccs3)c2C)cc1. The molecule has 1 unspecified atom stereocenters. The van der Waals surface area contributed by atoms with Crippen LogP contribution in [0.15, 0.2) is 47.8 Å². The van der Waals surface area contributed by atoms with E-state index in [1.165, 1.54) is 18.7 Å². The Kier molecular flexibility index (Phi) is 6.52. The molecule has 30 heavy (non-hydrogen) atoms. The first kappa shape index (κ1) is 21.5. The summed E-state index contributed by atoms with van der Waals surface area (Å²) >= 11 is 1.66. The minimum absolute atomic E-state index is 0.0492. The predicted octanol–water partition coefficient (Wildman–Crippen LogP) is 4.60. The fraction of sp³-hybridized carbons (Fsp3) is 0.261. The fourth-order valence-electron chi connectivity index (χ4n) is 3.12. The number of aryl methyl sites for hydroxylation is 1. The Balaban J connectivity index is 1.65. The molecule has 3 rings (SSSR count). The number of carbonyl (C=O) groups is 3. The highest BCUT2D eigenvalue weighted by Gasteiger charge is 2.23. The number of nitrogens with zero attached hydrogens (tertiary/aromatic N) is 1. The molecule has 156 valence electrons. The largest absolute Gasteiger partial charge is 0.449 e. The summed E-state index contributed by atoms with van der Waals surface area (Å²) in [5, 5.41) is 4.71. The van der Waals surface area contributed by atoms with Crippen LogP contribution in [0.2, 0.25) is 0 Å². The molecule has 7 heteroatoms. The van der Waals surface area contributed by atoms with Crippen molar-refractivity contribution in [3.05, 3.63) is 75.2 Å². The molecule has 0 aliphatic rings. The lowest BCUT2D eigenvalue weighted by molar-refractivity contribution is -0.123. The Labute approximate surface area is 179 Å². The Morgan fingerprint density at radius 2 is 1.83 bits per heavy atom. The molecular weight excluding hydrogens is 400 g/mol. The first-order valence-electron chi connectivity index (χ1n) is 9.58. The van der Waals surface area contributed by atoms with E-state index in [1.54, 1.807) is 41.7 Å². The van der Waals surface area contributed by atoms with Crippen LogP contribution in [-0.4, -0.2) is 28.3 Å². The number of anilines is 1. The van der Waals surface area contributed by atoms with Gasteiger partial charge in [-0.15, -0.1) is 11.3 Å². The molecule has 1 atom stereocenters. The monoisotopic (exact) mass is 424 g/mol. The third-order valence-electron chi connectivity index (χ3n) is 4.90. The van der Waals surface area contributed by atoms with Gasteiger partial charge in [0.1, 0.15) is 0 Å². The summed E-state index contributed by atoms with van der Waals surface area (Å²) < 4.78 is 7.46. The topological polar surface area (TPSA) is 77.4 Å². The number of hydrogen-bond acceptors (Lipinski definition) is 5. The van der Waals surface area contributed by atoms with E-state index in [9.17, 15) is 14.4 Å². The van der Waals surface area contributed by atoms with Gasteiger partial charge in [0.2, 0.25) is 0 Å². The number of ketones is 1. The second-order valence-electron chi connectivity index (χ2n) is 7.12. The van der Waals surface area contributed by atoms with Crippen molar-refractivity contribution in [3.8, 4) is 0 Å². The number of hydrogen-bond donors (Lipinski definition) is 1. The van der Waals surface area contributed by atoms with Crippen molar-refractivity contribution < 1.29 is 19.1 Å². The first-order valence-corrected chi connectivity index (χ1v) is 10.5. The highest BCUT2D eigenvalue weighted by molar-refractivity contribution is 7.09. The van der Waals surface area contributed by atoms with E-state index in [1.807, 2.05) is 25.3 Å². The molecule has 2 heterocycles. The smallest absolute Gasteiger partial charge is 0.340 e. The molecule has 0 saturated heterocycles. The van der Waals surface area contributed by atoms with Crippen LogP contribution in [0.4, 0.5) is 5.69 Å². The summed E-state index contributed by atoms with van der Waals surface area (Å²) in [6.07, 6.45) is -0.967. The molecule has 0 radical (unpaired) electrons. The van der Waals surface area contributed by atoms with Crippen LogP contribution in [0.3, 0.4) is 0 Å². The molecular formula is C23H24N2O4S. The highest BCUT2D eigenvalue weighted by Crippen LogP contribution is 2.20. The number of amides is 1. The van der Waals surface area contributed by atoms with Gasteiger partial charge in [-0.1, -0.05) is 6.07 Å². The van der Waals surface area contributed by atoms with E-state index in [0.29, 0.717) is 23.4 Å². The van der Waals surface area contributed by atoms with Gasteiger partial charge in [0.25, 0.3) is 5.91 Å². The maximum atomic E-state index is 12.7. The number of benzene rings is 1. The summed E-state index contributed by atoms with van der Waals surface area (Å²) in [4.78, 5) is 37.6. The van der Waals surface area contributed by atoms with Crippen molar-refractivity contribution >= 4 is 34.7 Å². The van der Waals surface area contributed by atoms with Crippen molar-refractivity contribution in [1.29, 1.82) is 0 Å². The number of Topliss-reactive ketones (excluding diaryl/α,β-unsaturated/α-hetero) is 1. The highest BCUT2D eigenvalue weighted by atomic mass is 32.1. The van der Waals surface area contributed by atoms with Crippen molar-refractivity contribution in [3.63, 3.8) is 0 Å². The molecule has 0 aliphatic carbocycles. The van der Waals surface area contributed by atoms with Gasteiger partial charge in [-0.25, -0.2) is 4.79 Å². The van der Waals surface area contributed by atoms with Crippen LogP contribution in [-0.2, 0) is 16.1 Å². The summed E-state index contributed by atoms with van der Waals surface area (Å²) in [5.41, 5.74) is 3.30. The molecule has 1 aromatic carbocycles. The zero-order chi connectivity index (χ0) is 21.8. The lowest BCUT2D eigenvalue weighted by Crippen LogP contribution is -2.30. The molecule has 0 aliphatic heterocycles. The number of aromatic nitrogens is 1. The van der Waals surface area contributed by atoms with E-state index in [2.05, 4.69) is 16.0 Å². The third kappa shape index (κ3) is 4.86. The van der Waals surface area contributed by atoms with Gasteiger partial charge in [0.15, 0.2) is 11.9 Å². The van der Waals surface area contributed by atoms with Gasteiger partial charge in [0, 0.05) is 27.5 Å². The van der Waals surface area contributed by atoms with E-state index in [-0.39, 0.29) is 5.78 Å². The first-order chi connectivity index (χ1) is 14.3. The van der Waals surface area contributed by atoms with Gasteiger partial charge in [-0.05, 0) is 69.5 Å². The molecule has 1 amide bonds. The molecule has 3 aromatic rings. The summed E-state index contributed by atoms with van der Waals surface area (Å²) in [5.74, 6) is -1.02. The quantitative estimate of drug-likeness (QED) is 0.444. The summed E-state index contributed by atoms with van der Waals surface area (Å²) in [6, 6.07) is 12.4. The van der Waals surface area contributed by atoms with Crippen LogP contribution in [0, 0.1) is 13.8 Å². The minimum atomic E-state index is -0.967. The van der Waals surface area contributed by atoms with Gasteiger partial charge >= 0.3 is 5.97 Å². The molecule has 1 N–H and O–H groups in total. The van der Waals surface area contributed by atoms with E-state index < -0.39 is 18.0 Å². The van der Waals surface area contributed by atoms with Crippen molar-refractivity contribution in [2.24, 2.45) is 0 Å². The zero-order valence-corrected chi connectivity index (χ0v) is 18.2. The lowest BCUT2D eigenvalue weighted by atomic mass is 10.1. The number of esters is 1. The molecule has 0 fully saturated rings. The average molecular weight is 425 g/mol. The zero-order valence-electron chi connectivity index (χ0n) is 17.4. The van der Waals surface area contributed by atoms with Gasteiger partial charge in [-0.3, -0.25) is 9.59 Å². The molecule has 0 bridgehead atoms.